The SMILES string of the molecule is COc1cccc(CCC(=O)OC(C)c2ccc(F)cc2F)c1OC. The lowest BCUT2D eigenvalue weighted by Crippen LogP contribution is -2.11. The van der Waals surface area contributed by atoms with Crippen LogP contribution in [0.1, 0.15) is 30.6 Å². The molecule has 2 rings (SSSR count). The molecule has 2 aromatic rings. The Morgan fingerprint density at radius 2 is 1.88 bits per heavy atom. The van der Waals surface area contributed by atoms with Gasteiger partial charge in [-0.25, -0.2) is 8.78 Å². The van der Waals surface area contributed by atoms with Crippen LogP contribution >= 0.6 is 0 Å². The number of carbonyl (C=O) groups is 1. The van der Waals surface area contributed by atoms with Crippen LogP contribution in [0.4, 0.5) is 8.78 Å². The Morgan fingerprint density at radius 3 is 2.52 bits per heavy atom. The zero-order valence-corrected chi connectivity index (χ0v) is 14.3. The third-order valence-corrected chi connectivity index (χ3v) is 3.79. The number of esters is 1. The molecule has 2 aromatic carbocycles. The smallest absolute Gasteiger partial charge is 0.306 e. The molecule has 0 saturated carbocycles. The summed E-state index contributed by atoms with van der Waals surface area (Å²) < 4.78 is 42.4. The average Bonchev–Trinajstić information content (AvgIpc) is 2.59. The highest BCUT2D eigenvalue weighted by molar-refractivity contribution is 5.70. The molecule has 25 heavy (non-hydrogen) atoms. The molecular formula is C19H20F2O4. The van der Waals surface area contributed by atoms with Crippen molar-refractivity contribution in [3.63, 3.8) is 0 Å². The van der Waals surface area contributed by atoms with Crippen LogP contribution < -0.4 is 9.47 Å². The molecule has 0 aromatic heterocycles. The Balaban J connectivity index is 1.99. The molecule has 134 valence electrons. The van der Waals surface area contributed by atoms with Gasteiger partial charge in [0, 0.05) is 18.1 Å². The van der Waals surface area contributed by atoms with Crippen LogP contribution in [0.2, 0.25) is 0 Å². The van der Waals surface area contributed by atoms with Gasteiger partial charge in [0.05, 0.1) is 14.2 Å². The lowest BCUT2D eigenvalue weighted by Gasteiger charge is -2.15. The Hall–Kier alpha value is -2.63. The zero-order chi connectivity index (χ0) is 18.4. The molecule has 0 radical (unpaired) electrons. The lowest BCUT2D eigenvalue weighted by atomic mass is 10.1. The fourth-order valence-corrected chi connectivity index (χ4v) is 2.54. The van der Waals surface area contributed by atoms with Gasteiger partial charge in [-0.15, -0.1) is 0 Å². The predicted molar refractivity (Wildman–Crippen MR) is 88.7 cm³/mol. The summed E-state index contributed by atoms with van der Waals surface area (Å²) in [4.78, 5) is 12.0. The molecule has 0 saturated heterocycles. The average molecular weight is 350 g/mol. The lowest BCUT2D eigenvalue weighted by molar-refractivity contribution is -0.148. The minimum Gasteiger partial charge on any atom is -0.493 e. The van der Waals surface area contributed by atoms with Crippen molar-refractivity contribution in [2.24, 2.45) is 0 Å². The summed E-state index contributed by atoms with van der Waals surface area (Å²) in [5.41, 5.74) is 0.938. The van der Waals surface area contributed by atoms with E-state index in [4.69, 9.17) is 14.2 Å². The van der Waals surface area contributed by atoms with Crippen molar-refractivity contribution >= 4 is 5.97 Å². The molecule has 1 atom stereocenters. The first-order valence-electron chi connectivity index (χ1n) is 7.80. The first-order chi connectivity index (χ1) is 12.0. The van der Waals surface area contributed by atoms with E-state index in [-0.39, 0.29) is 12.0 Å². The number of hydrogen-bond donors (Lipinski definition) is 0. The summed E-state index contributed by atoms with van der Waals surface area (Å²) in [5, 5.41) is 0. The van der Waals surface area contributed by atoms with Crippen molar-refractivity contribution in [1.29, 1.82) is 0 Å². The van der Waals surface area contributed by atoms with Crippen molar-refractivity contribution < 1.29 is 27.8 Å². The van der Waals surface area contributed by atoms with Crippen molar-refractivity contribution in [2.75, 3.05) is 14.2 Å². The highest BCUT2D eigenvalue weighted by Crippen LogP contribution is 2.31. The molecule has 1 unspecified atom stereocenters. The van der Waals surface area contributed by atoms with Crippen LogP contribution in [-0.4, -0.2) is 20.2 Å². The zero-order valence-electron chi connectivity index (χ0n) is 14.3. The van der Waals surface area contributed by atoms with Crippen LogP contribution in [-0.2, 0) is 16.0 Å². The van der Waals surface area contributed by atoms with Gasteiger partial charge in [-0.1, -0.05) is 12.1 Å². The van der Waals surface area contributed by atoms with Crippen molar-refractivity contribution in [3.8, 4) is 11.5 Å². The van der Waals surface area contributed by atoms with E-state index in [1.165, 1.54) is 20.3 Å². The number of methoxy groups -OCH3 is 2. The van der Waals surface area contributed by atoms with Gasteiger partial charge in [0.15, 0.2) is 11.5 Å². The van der Waals surface area contributed by atoms with Gasteiger partial charge < -0.3 is 14.2 Å². The number of benzene rings is 2. The fraction of sp³-hybridized carbons (Fsp3) is 0.316. The summed E-state index contributed by atoms with van der Waals surface area (Å²) in [6.07, 6.45) is -0.325. The first-order valence-corrected chi connectivity index (χ1v) is 7.80. The van der Waals surface area contributed by atoms with E-state index in [1.807, 2.05) is 6.07 Å². The second kappa shape index (κ2) is 8.46. The Morgan fingerprint density at radius 1 is 1.12 bits per heavy atom. The molecule has 6 heteroatoms. The van der Waals surface area contributed by atoms with Crippen LogP contribution in [0.3, 0.4) is 0 Å². The molecule has 0 aliphatic carbocycles. The maximum atomic E-state index is 13.7. The number of aryl methyl sites for hydroxylation is 1. The van der Waals surface area contributed by atoms with E-state index in [9.17, 15) is 13.6 Å². The molecule has 0 heterocycles. The van der Waals surface area contributed by atoms with E-state index in [1.54, 1.807) is 19.1 Å². The van der Waals surface area contributed by atoms with Crippen molar-refractivity contribution in [2.45, 2.75) is 25.9 Å². The summed E-state index contributed by atoms with van der Waals surface area (Å²) in [6, 6.07) is 8.56. The van der Waals surface area contributed by atoms with Crippen molar-refractivity contribution in [1.82, 2.24) is 0 Å². The van der Waals surface area contributed by atoms with Crippen LogP contribution in [0.15, 0.2) is 36.4 Å². The minimum atomic E-state index is -0.805. The monoisotopic (exact) mass is 350 g/mol. The standard InChI is InChI=1S/C19H20F2O4/c1-12(15-9-8-14(20)11-16(15)21)25-18(22)10-7-13-5-4-6-17(23-2)19(13)24-3/h4-6,8-9,11-12H,7,10H2,1-3H3. The molecule has 0 fully saturated rings. The molecule has 4 nitrogen and oxygen atoms in total. The van der Waals surface area contributed by atoms with Gasteiger partial charge in [0.25, 0.3) is 0 Å². The van der Waals surface area contributed by atoms with Crippen LogP contribution in [0, 0.1) is 11.6 Å². The Kier molecular flexibility index (Phi) is 6.33. The highest BCUT2D eigenvalue weighted by Gasteiger charge is 2.17. The molecular weight excluding hydrogens is 330 g/mol. The second-order valence-electron chi connectivity index (χ2n) is 5.45. The van der Waals surface area contributed by atoms with E-state index in [0.717, 1.165) is 17.7 Å². The number of rotatable bonds is 7. The maximum absolute atomic E-state index is 13.7. The first kappa shape index (κ1) is 18.7. The largest absolute Gasteiger partial charge is 0.493 e. The van der Waals surface area contributed by atoms with Gasteiger partial charge in [0.1, 0.15) is 17.7 Å². The molecule has 0 N–H and O–H groups in total. The third kappa shape index (κ3) is 4.68. The van der Waals surface area contributed by atoms with Gasteiger partial charge in [-0.3, -0.25) is 4.79 Å². The normalized spacial score (nSPS) is 11.7. The molecule has 0 spiro atoms. The number of para-hydroxylation sites is 1. The van der Waals surface area contributed by atoms with Gasteiger partial charge >= 0.3 is 5.97 Å². The topological polar surface area (TPSA) is 44.8 Å². The Bertz CT molecular complexity index is 746. The van der Waals surface area contributed by atoms with E-state index < -0.39 is 23.7 Å². The maximum Gasteiger partial charge on any atom is 0.306 e. The summed E-state index contributed by atoms with van der Waals surface area (Å²) in [7, 11) is 3.06. The summed E-state index contributed by atoms with van der Waals surface area (Å²) in [6.45, 7) is 1.54. The minimum absolute atomic E-state index is 0.0939. The second-order valence-corrected chi connectivity index (χ2v) is 5.45. The molecule has 0 bridgehead atoms. The fourth-order valence-electron chi connectivity index (χ4n) is 2.54. The Labute approximate surface area is 145 Å². The third-order valence-electron chi connectivity index (χ3n) is 3.79. The van der Waals surface area contributed by atoms with Gasteiger partial charge in [-0.2, -0.15) is 0 Å². The number of halogens is 2. The highest BCUT2D eigenvalue weighted by atomic mass is 19.1. The van der Waals surface area contributed by atoms with Crippen LogP contribution in [0.5, 0.6) is 11.5 Å². The molecule has 0 amide bonds. The van der Waals surface area contributed by atoms with E-state index >= 15 is 0 Å². The van der Waals surface area contributed by atoms with Gasteiger partial charge in [0.2, 0.25) is 0 Å². The predicted octanol–water partition coefficient (Wildman–Crippen LogP) is 4.22. The van der Waals surface area contributed by atoms with Crippen LogP contribution in [0.25, 0.3) is 0 Å². The van der Waals surface area contributed by atoms with E-state index in [0.29, 0.717) is 17.9 Å². The quantitative estimate of drug-likeness (QED) is 0.702. The molecule has 0 aliphatic rings. The molecule has 0 aliphatic heterocycles. The summed E-state index contributed by atoms with van der Waals surface area (Å²) >= 11 is 0. The van der Waals surface area contributed by atoms with Crippen molar-refractivity contribution in [3.05, 3.63) is 59.2 Å². The number of carbonyl (C=O) groups excluding carboxylic acids is 1. The number of hydrogen-bond acceptors (Lipinski definition) is 4. The van der Waals surface area contributed by atoms with E-state index in [2.05, 4.69) is 0 Å². The summed E-state index contributed by atoms with van der Waals surface area (Å²) in [5.74, 6) is -0.758. The van der Waals surface area contributed by atoms with Gasteiger partial charge in [-0.05, 0) is 37.1 Å². The number of ether oxygens (including phenoxy) is 3.